The van der Waals surface area contributed by atoms with E-state index in [4.69, 9.17) is 9.15 Å². The first-order valence-corrected chi connectivity index (χ1v) is 8.64. The van der Waals surface area contributed by atoms with E-state index in [0.717, 1.165) is 16.9 Å². The van der Waals surface area contributed by atoms with Gasteiger partial charge in [0.2, 0.25) is 0 Å². The Labute approximate surface area is 141 Å². The lowest BCUT2D eigenvalue weighted by Crippen LogP contribution is -2.11. The highest BCUT2D eigenvalue weighted by atomic mass is 32.2. The number of hydrogen-bond acceptors (Lipinski definition) is 7. The maximum atomic E-state index is 12.1. The van der Waals surface area contributed by atoms with Crippen LogP contribution in [0.4, 0.5) is 0 Å². The van der Waals surface area contributed by atoms with E-state index >= 15 is 0 Å². The van der Waals surface area contributed by atoms with E-state index in [1.165, 1.54) is 30.2 Å². The molecule has 0 spiro atoms. The van der Waals surface area contributed by atoms with Crippen LogP contribution >= 0.6 is 23.1 Å². The van der Waals surface area contributed by atoms with Crippen molar-refractivity contribution in [3.8, 4) is 11.4 Å². The first-order valence-electron chi connectivity index (χ1n) is 6.82. The van der Waals surface area contributed by atoms with Crippen molar-refractivity contribution in [3.63, 3.8) is 0 Å². The molecule has 0 bridgehead atoms. The smallest absolute Gasteiger partial charge is 0.323 e. The molecule has 3 heterocycles. The van der Waals surface area contributed by atoms with Gasteiger partial charge in [-0.15, -0.1) is 10.2 Å². The fourth-order valence-corrected chi connectivity index (χ4v) is 3.95. The predicted molar refractivity (Wildman–Crippen MR) is 88.4 cm³/mol. The Kier molecular flexibility index (Phi) is 4.53. The summed E-state index contributed by atoms with van der Waals surface area (Å²) >= 11 is 2.86. The molecule has 0 radical (unpaired) electrons. The lowest BCUT2D eigenvalue weighted by atomic mass is 10.2. The van der Waals surface area contributed by atoms with Gasteiger partial charge in [0.05, 0.1) is 18.9 Å². The third-order valence-corrected chi connectivity index (χ3v) is 5.39. The van der Waals surface area contributed by atoms with E-state index in [1.807, 2.05) is 41.4 Å². The molecule has 0 N–H and O–H groups in total. The fourth-order valence-electron chi connectivity index (χ4n) is 2.16. The number of aromatic nitrogens is 3. The van der Waals surface area contributed by atoms with Gasteiger partial charge in [-0.05, 0) is 35.4 Å². The molecule has 23 heavy (non-hydrogen) atoms. The molecule has 1 atom stereocenters. The number of carbonyl (C=O) groups excluding carboxylic acids is 1. The zero-order valence-electron chi connectivity index (χ0n) is 12.8. The molecule has 6 nitrogen and oxygen atoms in total. The molecule has 0 amide bonds. The number of thioether (sulfide) groups is 1. The molecule has 120 valence electrons. The Morgan fingerprint density at radius 2 is 2.26 bits per heavy atom. The van der Waals surface area contributed by atoms with Crippen LogP contribution in [0.25, 0.3) is 11.4 Å². The second-order valence-corrected chi connectivity index (χ2v) is 6.69. The summed E-state index contributed by atoms with van der Waals surface area (Å²) in [5.41, 5.74) is 1.79. The number of esters is 1. The number of nitrogens with zero attached hydrogens (tertiary/aromatic N) is 3. The second kappa shape index (κ2) is 6.59. The minimum absolute atomic E-state index is 0.308. The molecule has 0 saturated carbocycles. The maximum absolute atomic E-state index is 12.1. The third-order valence-electron chi connectivity index (χ3n) is 3.42. The van der Waals surface area contributed by atoms with Crippen LogP contribution in [0.1, 0.15) is 16.6 Å². The highest BCUT2D eigenvalue weighted by molar-refractivity contribution is 8.00. The summed E-state index contributed by atoms with van der Waals surface area (Å²) in [5, 5.41) is 12.5. The van der Waals surface area contributed by atoms with Crippen molar-refractivity contribution in [1.29, 1.82) is 0 Å². The summed E-state index contributed by atoms with van der Waals surface area (Å²) < 4.78 is 12.1. The molecule has 3 rings (SSSR count). The Hall–Kier alpha value is -2.06. The van der Waals surface area contributed by atoms with Gasteiger partial charge < -0.3 is 13.7 Å². The van der Waals surface area contributed by atoms with Crippen LogP contribution in [0, 0.1) is 6.92 Å². The Balaban J connectivity index is 1.92. The summed E-state index contributed by atoms with van der Waals surface area (Å²) in [7, 11) is 3.26. The first kappa shape index (κ1) is 15.8. The van der Waals surface area contributed by atoms with Crippen LogP contribution in [0.2, 0.25) is 0 Å². The lowest BCUT2D eigenvalue weighted by molar-refractivity contribution is -0.140. The van der Waals surface area contributed by atoms with Gasteiger partial charge in [-0.3, -0.25) is 4.79 Å². The SMILES string of the molecule is COC(=O)C(Sc1nnc(-c2ccoc2C)n1C)c1ccsc1. The number of carbonyl (C=O) groups is 1. The van der Waals surface area contributed by atoms with Gasteiger partial charge in [0, 0.05) is 7.05 Å². The van der Waals surface area contributed by atoms with Crippen molar-refractivity contribution in [1.82, 2.24) is 14.8 Å². The number of rotatable bonds is 5. The van der Waals surface area contributed by atoms with E-state index in [0.29, 0.717) is 11.0 Å². The molecule has 0 aromatic carbocycles. The minimum Gasteiger partial charge on any atom is -0.469 e. The quantitative estimate of drug-likeness (QED) is 0.519. The molecule has 0 aliphatic heterocycles. The normalized spacial score (nSPS) is 12.3. The van der Waals surface area contributed by atoms with Crippen molar-refractivity contribution >= 4 is 29.1 Å². The van der Waals surface area contributed by atoms with Gasteiger partial charge in [0.1, 0.15) is 11.0 Å². The summed E-state index contributed by atoms with van der Waals surface area (Å²) in [4.78, 5) is 12.1. The molecule has 3 aromatic rings. The average molecular weight is 349 g/mol. The zero-order chi connectivity index (χ0) is 16.4. The lowest BCUT2D eigenvalue weighted by Gasteiger charge is -2.12. The van der Waals surface area contributed by atoms with Gasteiger partial charge in [-0.1, -0.05) is 11.8 Å². The van der Waals surface area contributed by atoms with E-state index in [9.17, 15) is 4.79 Å². The number of ether oxygens (including phenoxy) is 1. The Morgan fingerprint density at radius 1 is 1.43 bits per heavy atom. The molecule has 3 aromatic heterocycles. The summed E-state index contributed by atoms with van der Waals surface area (Å²) in [6.45, 7) is 1.87. The van der Waals surface area contributed by atoms with Crippen molar-refractivity contribution in [2.75, 3.05) is 7.11 Å². The number of hydrogen-bond donors (Lipinski definition) is 0. The molecular weight excluding hydrogens is 334 g/mol. The molecule has 0 saturated heterocycles. The van der Waals surface area contributed by atoms with Gasteiger partial charge in [0.15, 0.2) is 11.0 Å². The number of thiophene rings is 1. The largest absolute Gasteiger partial charge is 0.469 e. The highest BCUT2D eigenvalue weighted by Gasteiger charge is 2.26. The topological polar surface area (TPSA) is 70.2 Å². The average Bonchev–Trinajstić information content (AvgIpc) is 3.27. The molecule has 0 aliphatic rings. The standard InChI is InChI=1S/C15H15N3O3S2/c1-9-11(4-6-21-9)13-16-17-15(18(13)2)23-12(14(19)20-3)10-5-7-22-8-10/h4-8,12H,1-3H3. The van der Waals surface area contributed by atoms with Crippen molar-refractivity contribution in [3.05, 3.63) is 40.5 Å². The van der Waals surface area contributed by atoms with E-state index in [-0.39, 0.29) is 5.97 Å². The van der Waals surface area contributed by atoms with Crippen LogP contribution in [-0.2, 0) is 16.6 Å². The van der Waals surface area contributed by atoms with E-state index in [1.54, 1.807) is 6.26 Å². The van der Waals surface area contributed by atoms with Crippen molar-refractivity contribution in [2.45, 2.75) is 17.3 Å². The fraction of sp³-hybridized carbons (Fsp3) is 0.267. The number of furan rings is 1. The van der Waals surface area contributed by atoms with Crippen LogP contribution < -0.4 is 0 Å². The van der Waals surface area contributed by atoms with E-state index < -0.39 is 5.25 Å². The molecule has 0 aliphatic carbocycles. The molecule has 8 heteroatoms. The first-order chi connectivity index (χ1) is 11.1. The zero-order valence-corrected chi connectivity index (χ0v) is 14.5. The highest BCUT2D eigenvalue weighted by Crippen LogP contribution is 2.37. The minimum atomic E-state index is -0.465. The van der Waals surface area contributed by atoms with Gasteiger partial charge >= 0.3 is 5.97 Å². The Morgan fingerprint density at radius 3 is 2.87 bits per heavy atom. The predicted octanol–water partition coefficient (Wildman–Crippen LogP) is 3.45. The van der Waals surface area contributed by atoms with Crippen molar-refractivity contribution in [2.24, 2.45) is 7.05 Å². The van der Waals surface area contributed by atoms with Crippen LogP contribution in [0.15, 0.2) is 38.7 Å². The van der Waals surface area contributed by atoms with Gasteiger partial charge in [-0.2, -0.15) is 11.3 Å². The van der Waals surface area contributed by atoms with Gasteiger partial charge in [0.25, 0.3) is 0 Å². The summed E-state index contributed by atoms with van der Waals surface area (Å²) in [6, 6.07) is 3.77. The second-order valence-electron chi connectivity index (χ2n) is 4.83. The van der Waals surface area contributed by atoms with Gasteiger partial charge in [-0.25, -0.2) is 0 Å². The van der Waals surface area contributed by atoms with Crippen LogP contribution in [-0.4, -0.2) is 27.8 Å². The molecular formula is C15H15N3O3S2. The maximum Gasteiger partial charge on any atom is 0.323 e. The van der Waals surface area contributed by atoms with Crippen LogP contribution in [0.5, 0.6) is 0 Å². The summed E-state index contributed by atoms with van der Waals surface area (Å²) in [5.74, 6) is 1.17. The van der Waals surface area contributed by atoms with Crippen molar-refractivity contribution < 1.29 is 13.9 Å². The molecule has 1 unspecified atom stereocenters. The molecule has 0 fully saturated rings. The third kappa shape index (κ3) is 3.04. The van der Waals surface area contributed by atoms with E-state index in [2.05, 4.69) is 10.2 Å². The van der Waals surface area contributed by atoms with Crippen LogP contribution in [0.3, 0.4) is 0 Å². The Bertz CT molecular complexity index is 808. The summed E-state index contributed by atoms with van der Waals surface area (Å²) in [6.07, 6.45) is 1.62. The number of aryl methyl sites for hydroxylation is 1. The number of methoxy groups -OCH3 is 1. The monoisotopic (exact) mass is 349 g/mol.